The van der Waals surface area contributed by atoms with Crippen molar-refractivity contribution in [3.8, 4) is 0 Å². The number of benzene rings is 2. The predicted octanol–water partition coefficient (Wildman–Crippen LogP) is 4.09. The van der Waals surface area contributed by atoms with Crippen molar-refractivity contribution in [3.05, 3.63) is 65.9 Å². The second kappa shape index (κ2) is 6.04. The highest BCUT2D eigenvalue weighted by atomic mass is 19.4. The van der Waals surface area contributed by atoms with Gasteiger partial charge in [-0.1, -0.05) is 42.5 Å². The molecule has 0 bridgehead atoms. The van der Waals surface area contributed by atoms with Crippen molar-refractivity contribution in [1.82, 2.24) is 9.97 Å². The zero-order chi connectivity index (χ0) is 16.3. The highest BCUT2D eigenvalue weighted by Gasteiger charge is 2.37. The molecule has 0 unspecified atom stereocenters. The van der Waals surface area contributed by atoms with E-state index in [1.807, 2.05) is 6.07 Å². The molecule has 116 valence electrons. The van der Waals surface area contributed by atoms with E-state index in [2.05, 4.69) is 20.5 Å². The van der Waals surface area contributed by atoms with Crippen molar-refractivity contribution >= 4 is 23.1 Å². The van der Waals surface area contributed by atoms with E-state index in [0.717, 1.165) is 5.56 Å². The van der Waals surface area contributed by atoms with E-state index in [1.165, 1.54) is 12.3 Å². The lowest BCUT2D eigenvalue weighted by Crippen LogP contribution is -2.13. The van der Waals surface area contributed by atoms with Crippen LogP contribution >= 0.6 is 0 Å². The van der Waals surface area contributed by atoms with Crippen molar-refractivity contribution in [2.24, 2.45) is 5.10 Å². The largest absolute Gasteiger partial charge is 0.437 e. The number of para-hydroxylation sites is 2. The van der Waals surface area contributed by atoms with Crippen LogP contribution in [-0.2, 0) is 6.18 Å². The molecule has 0 aliphatic heterocycles. The maximum atomic E-state index is 13.1. The van der Waals surface area contributed by atoms with Gasteiger partial charge in [-0.15, -0.1) is 0 Å². The van der Waals surface area contributed by atoms with Gasteiger partial charge in [0.05, 0.1) is 17.2 Å². The summed E-state index contributed by atoms with van der Waals surface area (Å²) in [4.78, 5) is 7.61. The Balaban J connectivity index is 1.96. The number of nitrogens with zero attached hydrogens (tertiary/aromatic N) is 3. The summed E-state index contributed by atoms with van der Waals surface area (Å²) in [5, 5.41) is 3.82. The second-order valence-corrected chi connectivity index (χ2v) is 4.69. The Hall–Kier alpha value is -2.96. The van der Waals surface area contributed by atoms with Crippen LogP contribution in [0.25, 0.3) is 11.0 Å². The Morgan fingerprint density at radius 3 is 2.13 bits per heavy atom. The van der Waals surface area contributed by atoms with Crippen LogP contribution in [0.1, 0.15) is 11.3 Å². The van der Waals surface area contributed by atoms with Crippen molar-refractivity contribution in [2.45, 2.75) is 6.18 Å². The third kappa shape index (κ3) is 3.45. The molecule has 0 fully saturated rings. The van der Waals surface area contributed by atoms with Crippen molar-refractivity contribution in [1.29, 1.82) is 0 Å². The first-order chi connectivity index (χ1) is 11.0. The number of rotatable bonds is 3. The van der Waals surface area contributed by atoms with Crippen LogP contribution in [-0.4, -0.2) is 16.2 Å². The molecule has 3 rings (SSSR count). The van der Waals surface area contributed by atoms with E-state index in [-0.39, 0.29) is 5.52 Å². The Kier molecular flexibility index (Phi) is 3.92. The minimum Gasteiger partial charge on any atom is -0.260 e. The van der Waals surface area contributed by atoms with Gasteiger partial charge in [0.15, 0.2) is 11.5 Å². The van der Waals surface area contributed by atoms with Gasteiger partial charge in [-0.05, 0) is 17.7 Å². The quantitative estimate of drug-likeness (QED) is 0.585. The highest BCUT2D eigenvalue weighted by Crippen LogP contribution is 2.33. The Morgan fingerprint density at radius 2 is 1.48 bits per heavy atom. The molecule has 0 radical (unpaired) electrons. The number of hydrogen-bond donors (Lipinski definition) is 1. The van der Waals surface area contributed by atoms with Crippen LogP contribution in [0.15, 0.2) is 59.7 Å². The Bertz CT molecular complexity index is 845. The Labute approximate surface area is 129 Å². The van der Waals surface area contributed by atoms with E-state index < -0.39 is 17.7 Å². The average molecular weight is 316 g/mol. The number of aromatic nitrogens is 2. The summed E-state index contributed by atoms with van der Waals surface area (Å²) in [7, 11) is 0. The first-order valence-electron chi connectivity index (χ1n) is 6.72. The third-order valence-corrected chi connectivity index (χ3v) is 3.02. The summed E-state index contributed by atoms with van der Waals surface area (Å²) in [5.41, 5.74) is 2.53. The normalized spacial score (nSPS) is 12.0. The molecular weight excluding hydrogens is 305 g/mol. The molecule has 23 heavy (non-hydrogen) atoms. The molecule has 1 N–H and O–H groups in total. The summed E-state index contributed by atoms with van der Waals surface area (Å²) in [6.45, 7) is 0. The molecule has 3 aromatic rings. The van der Waals surface area contributed by atoms with E-state index in [4.69, 9.17) is 0 Å². The van der Waals surface area contributed by atoms with Gasteiger partial charge < -0.3 is 0 Å². The van der Waals surface area contributed by atoms with Crippen LogP contribution in [0.4, 0.5) is 19.0 Å². The third-order valence-electron chi connectivity index (χ3n) is 3.02. The van der Waals surface area contributed by atoms with Gasteiger partial charge in [0.1, 0.15) is 0 Å². The zero-order valence-electron chi connectivity index (χ0n) is 11.7. The Morgan fingerprint density at radius 1 is 0.870 bits per heavy atom. The van der Waals surface area contributed by atoms with E-state index in [9.17, 15) is 13.2 Å². The van der Waals surface area contributed by atoms with Crippen molar-refractivity contribution in [2.75, 3.05) is 5.43 Å². The summed E-state index contributed by atoms with van der Waals surface area (Å²) >= 11 is 0. The fourth-order valence-corrected chi connectivity index (χ4v) is 1.98. The molecule has 0 amide bonds. The smallest absolute Gasteiger partial charge is 0.260 e. The summed E-state index contributed by atoms with van der Waals surface area (Å²) in [6, 6.07) is 15.4. The summed E-state index contributed by atoms with van der Waals surface area (Å²) < 4.78 is 39.4. The number of hydrazone groups is 1. The van der Waals surface area contributed by atoms with Crippen LogP contribution in [0.2, 0.25) is 0 Å². The van der Waals surface area contributed by atoms with Gasteiger partial charge in [-0.25, -0.2) is 9.97 Å². The minimum atomic E-state index is -4.62. The second-order valence-electron chi connectivity index (χ2n) is 4.69. The SMILES string of the molecule is FC(F)(F)c1nc2ccccc2nc1N/N=C\c1ccccc1. The number of nitrogens with one attached hydrogen (secondary N) is 1. The van der Waals surface area contributed by atoms with Gasteiger partial charge in [0.2, 0.25) is 0 Å². The van der Waals surface area contributed by atoms with E-state index in [0.29, 0.717) is 5.52 Å². The fraction of sp³-hybridized carbons (Fsp3) is 0.0625. The van der Waals surface area contributed by atoms with Gasteiger partial charge in [0, 0.05) is 0 Å². The maximum absolute atomic E-state index is 13.1. The number of anilines is 1. The number of halogens is 3. The lowest BCUT2D eigenvalue weighted by atomic mass is 10.2. The molecule has 0 spiro atoms. The summed E-state index contributed by atoms with van der Waals surface area (Å²) in [6.07, 6.45) is -3.21. The zero-order valence-corrected chi connectivity index (χ0v) is 11.7. The number of hydrogen-bond acceptors (Lipinski definition) is 4. The topological polar surface area (TPSA) is 50.2 Å². The molecule has 1 aromatic heterocycles. The average Bonchev–Trinajstić information content (AvgIpc) is 2.54. The van der Waals surface area contributed by atoms with Crippen molar-refractivity contribution < 1.29 is 13.2 Å². The minimum absolute atomic E-state index is 0.178. The highest BCUT2D eigenvalue weighted by molar-refractivity contribution is 5.80. The summed E-state index contributed by atoms with van der Waals surface area (Å²) in [5.74, 6) is -0.427. The van der Waals surface area contributed by atoms with E-state index in [1.54, 1.807) is 42.5 Å². The fourth-order valence-electron chi connectivity index (χ4n) is 1.98. The standard InChI is InChI=1S/C16H11F3N4/c17-16(18,19)14-15(22-13-9-5-4-8-12(13)21-14)23-20-10-11-6-2-1-3-7-11/h1-10H,(H,22,23)/b20-10-. The molecule has 0 saturated heterocycles. The lowest BCUT2D eigenvalue weighted by Gasteiger charge is -2.11. The molecule has 2 aromatic carbocycles. The van der Waals surface area contributed by atoms with Gasteiger partial charge >= 0.3 is 6.18 Å². The molecule has 0 atom stereocenters. The lowest BCUT2D eigenvalue weighted by molar-refractivity contribution is -0.140. The maximum Gasteiger partial charge on any atom is 0.437 e. The monoisotopic (exact) mass is 316 g/mol. The molecular formula is C16H11F3N4. The first kappa shape index (κ1) is 15.0. The van der Waals surface area contributed by atoms with Gasteiger partial charge in [-0.2, -0.15) is 18.3 Å². The molecule has 0 saturated carbocycles. The number of alkyl halides is 3. The molecule has 0 aliphatic carbocycles. The number of fused-ring (bicyclic) bond motifs is 1. The van der Waals surface area contributed by atoms with Crippen LogP contribution < -0.4 is 5.43 Å². The molecule has 1 heterocycles. The molecule has 4 nitrogen and oxygen atoms in total. The first-order valence-corrected chi connectivity index (χ1v) is 6.72. The van der Waals surface area contributed by atoms with Gasteiger partial charge in [-0.3, -0.25) is 5.43 Å². The van der Waals surface area contributed by atoms with Crippen LogP contribution in [0.5, 0.6) is 0 Å². The van der Waals surface area contributed by atoms with Gasteiger partial charge in [0.25, 0.3) is 0 Å². The molecule has 7 heteroatoms. The van der Waals surface area contributed by atoms with Crippen LogP contribution in [0.3, 0.4) is 0 Å². The molecule has 0 aliphatic rings. The van der Waals surface area contributed by atoms with E-state index >= 15 is 0 Å². The predicted molar refractivity (Wildman–Crippen MR) is 82.2 cm³/mol. The van der Waals surface area contributed by atoms with Crippen molar-refractivity contribution in [3.63, 3.8) is 0 Å². The van der Waals surface area contributed by atoms with Crippen LogP contribution in [0, 0.1) is 0 Å².